The van der Waals surface area contributed by atoms with Crippen LogP contribution in [-0.2, 0) is 0 Å². The van der Waals surface area contributed by atoms with Crippen molar-refractivity contribution in [3.05, 3.63) is 29.2 Å². The Bertz CT molecular complexity index is 531. The number of aromatic nitrogens is 2. The zero-order valence-corrected chi connectivity index (χ0v) is 9.41. The fourth-order valence-corrected chi connectivity index (χ4v) is 2.49. The van der Waals surface area contributed by atoms with Crippen LogP contribution in [0.15, 0.2) is 18.2 Å². The van der Waals surface area contributed by atoms with Gasteiger partial charge < -0.3 is 10.4 Å². The molecule has 0 saturated carbocycles. The summed E-state index contributed by atoms with van der Waals surface area (Å²) in [6, 6.07) is 5.28. The van der Waals surface area contributed by atoms with Gasteiger partial charge in [-0.15, -0.1) is 0 Å². The molecule has 0 aliphatic carbocycles. The van der Waals surface area contributed by atoms with E-state index >= 15 is 0 Å². The van der Waals surface area contributed by atoms with Crippen molar-refractivity contribution in [3.63, 3.8) is 0 Å². The molecule has 3 rings (SSSR count). The molecule has 5 heteroatoms. The number of aromatic hydroxyl groups is 1. The topological polar surface area (TPSA) is 49.6 Å². The number of pyridine rings is 1. The second kappa shape index (κ2) is 3.64. The van der Waals surface area contributed by atoms with Crippen LogP contribution in [0.3, 0.4) is 0 Å². The summed E-state index contributed by atoms with van der Waals surface area (Å²) in [5.41, 5.74) is 0.767. The minimum Gasteiger partial charge on any atom is -0.494 e. The lowest BCUT2D eigenvalue weighted by molar-refractivity contribution is 0.440. The molecule has 2 N–H and O–H groups in total. The van der Waals surface area contributed by atoms with Gasteiger partial charge in [0.1, 0.15) is 5.82 Å². The van der Waals surface area contributed by atoms with Crippen LogP contribution in [0.2, 0.25) is 5.15 Å². The number of nitrogens with one attached hydrogen (secondary N) is 1. The predicted octanol–water partition coefficient (Wildman–Crippen LogP) is 1.77. The Kier molecular flexibility index (Phi) is 2.26. The Morgan fingerprint density at radius 3 is 3.12 bits per heavy atom. The number of rotatable bonds is 1. The van der Waals surface area contributed by atoms with E-state index in [2.05, 4.69) is 10.3 Å². The molecule has 1 atom stereocenters. The summed E-state index contributed by atoms with van der Waals surface area (Å²) in [6.45, 7) is 1.88. The predicted molar refractivity (Wildman–Crippen MR) is 62.1 cm³/mol. The Morgan fingerprint density at radius 2 is 2.38 bits per heavy atom. The van der Waals surface area contributed by atoms with Crippen LogP contribution in [0.5, 0.6) is 5.88 Å². The van der Waals surface area contributed by atoms with Crippen LogP contribution in [0, 0.1) is 0 Å². The quantitative estimate of drug-likeness (QED) is 0.795. The average Bonchev–Trinajstić information content (AvgIpc) is 2.87. The maximum Gasteiger partial charge on any atom is 0.197 e. The molecule has 4 nitrogen and oxygen atoms in total. The van der Waals surface area contributed by atoms with Crippen molar-refractivity contribution in [2.24, 2.45) is 0 Å². The Hall–Kier alpha value is -1.26. The first kappa shape index (κ1) is 9.93. The molecule has 1 aliphatic heterocycles. The van der Waals surface area contributed by atoms with Gasteiger partial charge in [-0.05, 0) is 25.1 Å². The highest BCUT2D eigenvalue weighted by Gasteiger charge is 2.23. The first-order chi connectivity index (χ1) is 7.77. The maximum atomic E-state index is 9.87. The van der Waals surface area contributed by atoms with Gasteiger partial charge >= 0.3 is 0 Å². The highest BCUT2D eigenvalue weighted by molar-refractivity contribution is 6.32. The van der Waals surface area contributed by atoms with Gasteiger partial charge in [0.15, 0.2) is 11.0 Å². The maximum absolute atomic E-state index is 9.87. The lowest BCUT2D eigenvalue weighted by Gasteiger charge is -2.08. The highest BCUT2D eigenvalue weighted by Crippen LogP contribution is 2.29. The molecule has 0 radical (unpaired) electrons. The molecule has 3 heterocycles. The smallest absolute Gasteiger partial charge is 0.197 e. The highest BCUT2D eigenvalue weighted by atomic mass is 35.5. The van der Waals surface area contributed by atoms with Crippen LogP contribution < -0.4 is 5.32 Å². The van der Waals surface area contributed by atoms with Gasteiger partial charge in [0.2, 0.25) is 0 Å². The molecule has 2 aromatic heterocycles. The van der Waals surface area contributed by atoms with E-state index in [-0.39, 0.29) is 5.88 Å². The number of nitrogens with zero attached hydrogens (tertiary/aromatic N) is 2. The standard InChI is InChI=1S/C11H12ClN3O/c12-10-8-2-1-3-9(16)15(8)11(14-10)7-4-5-13-6-7/h1-3,7,13,16H,4-6H2. The number of hydrogen-bond acceptors (Lipinski definition) is 3. The second-order valence-electron chi connectivity index (χ2n) is 4.06. The summed E-state index contributed by atoms with van der Waals surface area (Å²) in [7, 11) is 0. The van der Waals surface area contributed by atoms with E-state index in [1.165, 1.54) is 0 Å². The van der Waals surface area contributed by atoms with Crippen molar-refractivity contribution >= 4 is 17.1 Å². The SMILES string of the molecule is Oc1cccc2c(Cl)nc(C3CCNC3)n12. The first-order valence-electron chi connectivity index (χ1n) is 5.34. The zero-order valence-electron chi connectivity index (χ0n) is 8.65. The van der Waals surface area contributed by atoms with Gasteiger partial charge in [0.05, 0.1) is 5.52 Å². The summed E-state index contributed by atoms with van der Waals surface area (Å²) >= 11 is 6.06. The lowest BCUT2D eigenvalue weighted by Crippen LogP contribution is -2.10. The van der Waals surface area contributed by atoms with E-state index in [9.17, 15) is 5.11 Å². The molecular formula is C11H12ClN3O. The van der Waals surface area contributed by atoms with Crippen molar-refractivity contribution in [1.29, 1.82) is 0 Å². The van der Waals surface area contributed by atoms with Crippen LogP contribution in [-0.4, -0.2) is 27.6 Å². The van der Waals surface area contributed by atoms with Gasteiger partial charge in [0, 0.05) is 12.5 Å². The summed E-state index contributed by atoms with van der Waals surface area (Å²) < 4.78 is 1.74. The van der Waals surface area contributed by atoms with E-state index in [0.29, 0.717) is 11.1 Å². The van der Waals surface area contributed by atoms with E-state index in [0.717, 1.165) is 30.9 Å². The first-order valence-corrected chi connectivity index (χ1v) is 5.71. The van der Waals surface area contributed by atoms with Crippen LogP contribution in [0.25, 0.3) is 5.52 Å². The van der Waals surface area contributed by atoms with Gasteiger partial charge in [-0.2, -0.15) is 0 Å². The molecule has 1 aliphatic rings. The molecule has 0 aromatic carbocycles. The number of imidazole rings is 1. The summed E-state index contributed by atoms with van der Waals surface area (Å²) in [5, 5.41) is 13.6. The van der Waals surface area contributed by atoms with Crippen molar-refractivity contribution in [3.8, 4) is 5.88 Å². The van der Waals surface area contributed by atoms with Crippen molar-refractivity contribution in [2.45, 2.75) is 12.3 Å². The third kappa shape index (κ3) is 1.37. The molecule has 0 amide bonds. The Labute approximate surface area is 97.9 Å². The fourth-order valence-electron chi connectivity index (χ4n) is 2.26. The van der Waals surface area contributed by atoms with E-state index in [1.54, 1.807) is 16.5 Å². The van der Waals surface area contributed by atoms with Crippen molar-refractivity contribution < 1.29 is 5.11 Å². The monoisotopic (exact) mass is 237 g/mol. The van der Waals surface area contributed by atoms with E-state index in [1.807, 2.05) is 6.07 Å². The Balaban J connectivity index is 2.24. The molecule has 1 fully saturated rings. The third-order valence-corrected chi connectivity index (χ3v) is 3.33. The number of halogens is 1. The van der Waals surface area contributed by atoms with Gasteiger partial charge in [-0.3, -0.25) is 4.40 Å². The zero-order chi connectivity index (χ0) is 11.1. The second-order valence-corrected chi connectivity index (χ2v) is 4.41. The minimum absolute atomic E-state index is 0.193. The van der Waals surface area contributed by atoms with Crippen LogP contribution in [0.1, 0.15) is 18.2 Å². The molecule has 0 spiro atoms. The molecule has 16 heavy (non-hydrogen) atoms. The molecule has 1 saturated heterocycles. The minimum atomic E-state index is 0.193. The molecule has 0 bridgehead atoms. The fraction of sp³-hybridized carbons (Fsp3) is 0.364. The van der Waals surface area contributed by atoms with Crippen LogP contribution >= 0.6 is 11.6 Å². The summed E-state index contributed by atoms with van der Waals surface area (Å²) in [5.74, 6) is 1.37. The van der Waals surface area contributed by atoms with Gasteiger partial charge in [-0.1, -0.05) is 17.7 Å². The Morgan fingerprint density at radius 1 is 1.50 bits per heavy atom. The summed E-state index contributed by atoms with van der Waals surface area (Å²) in [6.07, 6.45) is 1.03. The molecule has 84 valence electrons. The number of fused-ring (bicyclic) bond motifs is 1. The molecule has 1 unspecified atom stereocenters. The lowest BCUT2D eigenvalue weighted by atomic mass is 10.1. The number of hydrogen-bond donors (Lipinski definition) is 2. The van der Waals surface area contributed by atoms with Gasteiger partial charge in [-0.25, -0.2) is 4.98 Å². The van der Waals surface area contributed by atoms with Gasteiger partial charge in [0.25, 0.3) is 0 Å². The summed E-state index contributed by atoms with van der Waals surface area (Å²) in [4.78, 5) is 4.36. The normalized spacial score (nSPS) is 20.7. The largest absolute Gasteiger partial charge is 0.494 e. The molecule has 2 aromatic rings. The van der Waals surface area contributed by atoms with Crippen molar-refractivity contribution in [2.75, 3.05) is 13.1 Å². The van der Waals surface area contributed by atoms with E-state index in [4.69, 9.17) is 11.6 Å². The van der Waals surface area contributed by atoms with Crippen LogP contribution in [0.4, 0.5) is 0 Å². The van der Waals surface area contributed by atoms with Crippen molar-refractivity contribution in [1.82, 2.24) is 14.7 Å². The van der Waals surface area contributed by atoms with E-state index < -0.39 is 0 Å². The third-order valence-electron chi connectivity index (χ3n) is 3.05. The molecular weight excluding hydrogens is 226 g/mol. The average molecular weight is 238 g/mol.